The van der Waals surface area contributed by atoms with Gasteiger partial charge in [-0.15, -0.1) is 0 Å². The number of aliphatic hydroxyl groups excluding tert-OH is 1. The van der Waals surface area contributed by atoms with E-state index in [1.54, 1.807) is 7.05 Å². The molecule has 3 aromatic rings. The minimum absolute atomic E-state index is 0.0660. The summed E-state index contributed by atoms with van der Waals surface area (Å²) in [4.78, 5) is 13.2. The Morgan fingerprint density at radius 3 is 2.33 bits per heavy atom. The van der Waals surface area contributed by atoms with Gasteiger partial charge in [0, 0.05) is 19.2 Å². The van der Waals surface area contributed by atoms with E-state index in [9.17, 15) is 5.11 Å². The van der Waals surface area contributed by atoms with Gasteiger partial charge in [-0.1, -0.05) is 54.6 Å². The van der Waals surface area contributed by atoms with Crippen LogP contribution in [-0.2, 0) is 13.2 Å². The van der Waals surface area contributed by atoms with Gasteiger partial charge >= 0.3 is 0 Å². The average Bonchev–Trinajstić information content (AvgIpc) is 2.66. The first-order chi connectivity index (χ1) is 11.8. The largest absolute Gasteiger partial charge is 0.392 e. The van der Waals surface area contributed by atoms with Crippen LogP contribution in [0, 0.1) is 0 Å². The van der Waals surface area contributed by atoms with E-state index in [4.69, 9.17) is 0 Å². The molecule has 0 fully saturated rings. The maximum atomic E-state index is 9.53. The Kier molecular flexibility index (Phi) is 4.98. The molecular weight excluding hydrogens is 302 g/mol. The molecule has 6 nitrogen and oxygen atoms in total. The fourth-order valence-corrected chi connectivity index (χ4v) is 2.34. The molecule has 1 heterocycles. The Balaban J connectivity index is 1.90. The number of rotatable bonds is 6. The Morgan fingerprint density at radius 2 is 1.58 bits per heavy atom. The maximum absolute atomic E-state index is 9.53. The fraction of sp³-hybridized carbons (Fsp3) is 0.167. The first kappa shape index (κ1) is 15.9. The van der Waals surface area contributed by atoms with E-state index in [1.807, 2.05) is 54.6 Å². The Hall–Kier alpha value is -2.99. The molecule has 0 aliphatic heterocycles. The first-order valence-corrected chi connectivity index (χ1v) is 7.71. The van der Waals surface area contributed by atoms with E-state index >= 15 is 0 Å². The summed E-state index contributed by atoms with van der Waals surface area (Å²) in [5.41, 5.74) is 2.71. The minimum Gasteiger partial charge on any atom is -0.392 e. The summed E-state index contributed by atoms with van der Waals surface area (Å²) in [5.74, 6) is 1.49. The number of anilines is 2. The smallest absolute Gasteiger partial charge is 0.228 e. The van der Waals surface area contributed by atoms with Gasteiger partial charge in [0.05, 0.1) is 6.61 Å². The maximum Gasteiger partial charge on any atom is 0.228 e. The van der Waals surface area contributed by atoms with E-state index in [2.05, 4.69) is 25.6 Å². The highest BCUT2D eigenvalue weighted by molar-refractivity contribution is 5.62. The molecule has 0 aliphatic rings. The molecule has 2 aromatic carbocycles. The van der Waals surface area contributed by atoms with Crippen molar-refractivity contribution in [2.24, 2.45) is 0 Å². The van der Waals surface area contributed by atoms with Crippen LogP contribution < -0.4 is 10.6 Å². The molecule has 122 valence electrons. The number of nitrogens with zero attached hydrogens (tertiary/aromatic N) is 3. The van der Waals surface area contributed by atoms with Crippen LogP contribution in [0.4, 0.5) is 11.9 Å². The predicted octanol–water partition coefficient (Wildman–Crippen LogP) is 2.68. The molecule has 1 aromatic heterocycles. The quantitative estimate of drug-likeness (QED) is 0.647. The van der Waals surface area contributed by atoms with Crippen molar-refractivity contribution in [1.82, 2.24) is 15.0 Å². The molecule has 0 atom stereocenters. The third-order valence-electron chi connectivity index (χ3n) is 3.58. The monoisotopic (exact) mass is 321 g/mol. The van der Waals surface area contributed by atoms with E-state index in [0.717, 1.165) is 16.7 Å². The number of hydrogen-bond acceptors (Lipinski definition) is 6. The third kappa shape index (κ3) is 3.67. The number of hydrogen-bond donors (Lipinski definition) is 3. The van der Waals surface area contributed by atoms with Crippen molar-refractivity contribution < 1.29 is 5.11 Å². The second-order valence-electron chi connectivity index (χ2n) is 5.21. The molecule has 3 N–H and O–H groups in total. The zero-order valence-corrected chi connectivity index (χ0v) is 13.4. The molecule has 0 aliphatic carbocycles. The predicted molar refractivity (Wildman–Crippen MR) is 94.5 cm³/mol. The number of aromatic nitrogens is 3. The lowest BCUT2D eigenvalue weighted by Gasteiger charge is -2.10. The lowest BCUT2D eigenvalue weighted by atomic mass is 10.1. The van der Waals surface area contributed by atoms with Crippen LogP contribution in [0.5, 0.6) is 0 Å². The second-order valence-corrected chi connectivity index (χ2v) is 5.21. The van der Waals surface area contributed by atoms with Crippen LogP contribution in [0.15, 0.2) is 54.6 Å². The van der Waals surface area contributed by atoms with Crippen molar-refractivity contribution in [3.63, 3.8) is 0 Å². The first-order valence-electron chi connectivity index (χ1n) is 7.71. The van der Waals surface area contributed by atoms with Crippen molar-refractivity contribution >= 4 is 11.9 Å². The molecular formula is C18H19N5O. The Bertz CT molecular complexity index is 808. The van der Waals surface area contributed by atoms with E-state index in [1.165, 1.54) is 0 Å². The van der Waals surface area contributed by atoms with Gasteiger partial charge < -0.3 is 15.7 Å². The molecule has 24 heavy (non-hydrogen) atoms. The molecule has 0 radical (unpaired) electrons. The highest BCUT2D eigenvalue weighted by Gasteiger charge is 2.11. The van der Waals surface area contributed by atoms with Gasteiger partial charge in [-0.05, 0) is 11.1 Å². The van der Waals surface area contributed by atoms with E-state index < -0.39 is 0 Å². The van der Waals surface area contributed by atoms with E-state index in [0.29, 0.717) is 24.3 Å². The molecule has 0 saturated carbocycles. The highest BCUT2D eigenvalue weighted by Crippen LogP contribution is 2.22. The molecule has 0 amide bonds. The molecule has 3 rings (SSSR count). The topological polar surface area (TPSA) is 83.0 Å². The number of benzene rings is 2. The SMILES string of the molecule is CNc1nc(NCc2ccccc2)nc(-c2ccccc2CO)n1. The zero-order chi connectivity index (χ0) is 16.8. The van der Waals surface area contributed by atoms with Crippen LogP contribution >= 0.6 is 0 Å². The summed E-state index contributed by atoms with van der Waals surface area (Å²) in [6.45, 7) is 0.554. The van der Waals surface area contributed by atoms with Crippen LogP contribution in [0.2, 0.25) is 0 Å². The average molecular weight is 321 g/mol. The molecule has 0 unspecified atom stereocenters. The van der Waals surface area contributed by atoms with Gasteiger partial charge in [0.25, 0.3) is 0 Å². The van der Waals surface area contributed by atoms with Gasteiger partial charge in [0.2, 0.25) is 11.9 Å². The lowest BCUT2D eigenvalue weighted by molar-refractivity contribution is 0.282. The van der Waals surface area contributed by atoms with Crippen molar-refractivity contribution in [3.05, 3.63) is 65.7 Å². The fourth-order valence-electron chi connectivity index (χ4n) is 2.34. The van der Waals surface area contributed by atoms with Gasteiger partial charge in [-0.3, -0.25) is 0 Å². The van der Waals surface area contributed by atoms with Crippen molar-refractivity contribution in [2.45, 2.75) is 13.2 Å². The van der Waals surface area contributed by atoms with Crippen molar-refractivity contribution in [2.75, 3.05) is 17.7 Å². The molecule has 6 heteroatoms. The van der Waals surface area contributed by atoms with Crippen molar-refractivity contribution in [3.8, 4) is 11.4 Å². The van der Waals surface area contributed by atoms with Crippen LogP contribution in [0.1, 0.15) is 11.1 Å². The Labute approximate surface area is 140 Å². The number of aliphatic hydroxyl groups is 1. The van der Waals surface area contributed by atoms with Crippen LogP contribution in [-0.4, -0.2) is 27.1 Å². The summed E-state index contributed by atoms with van der Waals surface area (Å²) in [7, 11) is 1.76. The zero-order valence-electron chi connectivity index (χ0n) is 13.4. The van der Waals surface area contributed by atoms with Crippen LogP contribution in [0.3, 0.4) is 0 Å². The van der Waals surface area contributed by atoms with E-state index in [-0.39, 0.29) is 6.61 Å². The standard InChI is InChI=1S/C18H19N5O/c1-19-17-21-16(15-10-6-5-9-14(15)12-24)22-18(23-17)20-11-13-7-3-2-4-8-13/h2-10,24H,11-12H2,1H3,(H2,19,20,21,22,23). The van der Waals surface area contributed by atoms with Crippen LogP contribution in [0.25, 0.3) is 11.4 Å². The summed E-state index contributed by atoms with van der Waals surface area (Å²) in [5, 5.41) is 15.7. The molecule has 0 bridgehead atoms. The highest BCUT2D eigenvalue weighted by atomic mass is 16.3. The van der Waals surface area contributed by atoms with Gasteiger partial charge in [-0.25, -0.2) is 0 Å². The summed E-state index contributed by atoms with van der Waals surface area (Å²) >= 11 is 0. The number of nitrogens with one attached hydrogen (secondary N) is 2. The van der Waals surface area contributed by atoms with Gasteiger partial charge in [-0.2, -0.15) is 15.0 Å². The van der Waals surface area contributed by atoms with Crippen molar-refractivity contribution in [1.29, 1.82) is 0 Å². The Morgan fingerprint density at radius 1 is 0.875 bits per heavy atom. The second kappa shape index (κ2) is 7.52. The molecule has 0 saturated heterocycles. The van der Waals surface area contributed by atoms with Gasteiger partial charge in [0.1, 0.15) is 0 Å². The minimum atomic E-state index is -0.0660. The summed E-state index contributed by atoms with van der Waals surface area (Å²) in [6.07, 6.45) is 0. The lowest BCUT2D eigenvalue weighted by Crippen LogP contribution is -2.08. The molecule has 0 spiro atoms. The van der Waals surface area contributed by atoms with Gasteiger partial charge in [0.15, 0.2) is 5.82 Å². The summed E-state index contributed by atoms with van der Waals surface area (Å²) < 4.78 is 0. The third-order valence-corrected chi connectivity index (χ3v) is 3.58. The normalized spacial score (nSPS) is 10.4. The summed E-state index contributed by atoms with van der Waals surface area (Å²) in [6, 6.07) is 17.6.